The first kappa shape index (κ1) is 20.0. The highest BCUT2D eigenvalue weighted by atomic mass is 16.4. The van der Waals surface area contributed by atoms with Gasteiger partial charge in [-0.3, -0.25) is 0 Å². The molecule has 3 heterocycles. The number of para-hydroxylation sites is 1. The Morgan fingerprint density at radius 3 is 2.61 bits per heavy atom. The number of aryl methyl sites for hydroxylation is 3. The molecule has 3 aromatic heterocycles. The van der Waals surface area contributed by atoms with Crippen LogP contribution in [-0.4, -0.2) is 30.2 Å². The Labute approximate surface area is 191 Å². The molecular formula is C27H26N4O2. The van der Waals surface area contributed by atoms with Crippen molar-refractivity contribution in [1.82, 2.24) is 19.1 Å². The van der Waals surface area contributed by atoms with Crippen molar-refractivity contribution in [3.63, 3.8) is 0 Å². The summed E-state index contributed by atoms with van der Waals surface area (Å²) in [5.41, 5.74) is 6.76. The minimum atomic E-state index is -0.902. The number of rotatable bonds is 5. The van der Waals surface area contributed by atoms with E-state index >= 15 is 0 Å². The van der Waals surface area contributed by atoms with Gasteiger partial charge in [-0.1, -0.05) is 18.2 Å². The fourth-order valence-electron chi connectivity index (χ4n) is 5.24. The molecule has 1 fully saturated rings. The molecule has 5 aromatic rings. The van der Waals surface area contributed by atoms with Crippen molar-refractivity contribution >= 4 is 38.9 Å². The maximum Gasteiger partial charge on any atom is 0.336 e. The fraction of sp³-hybridized carbons (Fsp3) is 0.296. The summed E-state index contributed by atoms with van der Waals surface area (Å²) < 4.78 is 4.52. The molecule has 6 rings (SSSR count). The third-order valence-electron chi connectivity index (χ3n) is 7.02. The summed E-state index contributed by atoms with van der Waals surface area (Å²) in [5, 5.41) is 12.1. The van der Waals surface area contributed by atoms with Gasteiger partial charge >= 0.3 is 5.97 Å². The molecule has 1 aliphatic carbocycles. The zero-order valence-corrected chi connectivity index (χ0v) is 19.1. The van der Waals surface area contributed by atoms with Crippen molar-refractivity contribution in [2.75, 3.05) is 0 Å². The van der Waals surface area contributed by atoms with Crippen LogP contribution in [0.3, 0.4) is 0 Å². The predicted octanol–water partition coefficient (Wildman–Crippen LogP) is 5.95. The van der Waals surface area contributed by atoms with Crippen LogP contribution in [0.25, 0.3) is 44.4 Å². The van der Waals surface area contributed by atoms with Crippen LogP contribution in [0.15, 0.2) is 42.6 Å². The highest BCUT2D eigenvalue weighted by Gasteiger charge is 2.27. The molecule has 0 spiro atoms. The van der Waals surface area contributed by atoms with Gasteiger partial charge in [0.2, 0.25) is 0 Å². The number of pyridine rings is 1. The minimum absolute atomic E-state index is 0.352. The number of carboxylic acid groups (broad SMARTS) is 1. The smallest absolute Gasteiger partial charge is 0.336 e. The number of nitrogens with zero attached hydrogens (tertiary/aromatic N) is 4. The Kier molecular flexibility index (Phi) is 4.34. The van der Waals surface area contributed by atoms with E-state index in [1.165, 1.54) is 23.7 Å². The van der Waals surface area contributed by atoms with Gasteiger partial charge in [-0.2, -0.15) is 0 Å². The number of fused-ring (bicyclic) bond motifs is 4. The highest BCUT2D eigenvalue weighted by Crippen LogP contribution is 2.37. The first-order chi connectivity index (χ1) is 16.0. The van der Waals surface area contributed by atoms with Crippen LogP contribution in [0.4, 0.5) is 0 Å². The lowest BCUT2D eigenvalue weighted by Crippen LogP contribution is -2.05. The molecule has 1 saturated carbocycles. The molecule has 0 saturated heterocycles. The summed E-state index contributed by atoms with van der Waals surface area (Å²) in [6, 6.07) is 12.6. The summed E-state index contributed by atoms with van der Waals surface area (Å²) >= 11 is 0. The minimum Gasteiger partial charge on any atom is -0.478 e. The van der Waals surface area contributed by atoms with Crippen molar-refractivity contribution in [2.45, 2.75) is 46.7 Å². The standard InChI is InChI=1S/C27H26N4O2/c1-4-30-21-8-6-5-7-19(21)20-12-18(13-28-26(20)30)25-29-24-16(3)23(27(32)33)15(2)11-22(24)31(25)14-17-9-10-17/h5-8,11-13,17H,4,9-10,14H2,1-3H3,(H,32,33). The number of hydrogen-bond donors (Lipinski definition) is 1. The Morgan fingerprint density at radius 2 is 1.88 bits per heavy atom. The van der Waals surface area contributed by atoms with Crippen LogP contribution in [0.5, 0.6) is 0 Å². The predicted molar refractivity (Wildman–Crippen MR) is 131 cm³/mol. The number of aromatic nitrogens is 4. The van der Waals surface area contributed by atoms with Crippen LogP contribution in [0, 0.1) is 19.8 Å². The Bertz CT molecular complexity index is 1590. The van der Waals surface area contributed by atoms with E-state index in [2.05, 4.69) is 46.4 Å². The normalized spacial score (nSPS) is 14.0. The molecule has 0 atom stereocenters. The lowest BCUT2D eigenvalue weighted by Gasteiger charge is -2.11. The number of aromatic carboxylic acids is 1. The van der Waals surface area contributed by atoms with Gasteiger partial charge in [0.1, 0.15) is 11.5 Å². The largest absolute Gasteiger partial charge is 0.478 e. The molecule has 6 nitrogen and oxygen atoms in total. The van der Waals surface area contributed by atoms with Crippen LogP contribution in [0.2, 0.25) is 0 Å². The third-order valence-corrected chi connectivity index (χ3v) is 7.02. The monoisotopic (exact) mass is 438 g/mol. The lowest BCUT2D eigenvalue weighted by molar-refractivity contribution is 0.0695. The molecule has 166 valence electrons. The summed E-state index contributed by atoms with van der Waals surface area (Å²) in [6.07, 6.45) is 4.37. The molecule has 6 heteroatoms. The van der Waals surface area contributed by atoms with E-state index in [9.17, 15) is 9.90 Å². The second kappa shape index (κ2) is 7.17. The Balaban J connectivity index is 1.64. The molecule has 0 aliphatic heterocycles. The molecule has 1 N–H and O–H groups in total. The van der Waals surface area contributed by atoms with Crippen molar-refractivity contribution in [3.05, 3.63) is 59.3 Å². The molecular weight excluding hydrogens is 412 g/mol. The lowest BCUT2D eigenvalue weighted by atomic mass is 10.0. The fourth-order valence-corrected chi connectivity index (χ4v) is 5.24. The van der Waals surface area contributed by atoms with Gasteiger partial charge in [0, 0.05) is 35.6 Å². The Hall–Kier alpha value is -3.67. The third kappa shape index (κ3) is 2.97. The second-order valence-corrected chi connectivity index (χ2v) is 9.21. The average Bonchev–Trinajstić information content (AvgIpc) is 3.47. The van der Waals surface area contributed by atoms with Gasteiger partial charge in [-0.15, -0.1) is 0 Å². The maximum absolute atomic E-state index is 11.9. The van der Waals surface area contributed by atoms with E-state index < -0.39 is 5.97 Å². The van der Waals surface area contributed by atoms with E-state index in [1.807, 2.05) is 26.1 Å². The molecule has 0 unspecified atom stereocenters. The summed E-state index contributed by atoms with van der Waals surface area (Å²) in [5.74, 6) is 0.616. The SMILES string of the molecule is CCn1c2ccccc2c2cc(-c3nc4c(C)c(C(=O)O)c(C)cc4n3CC3CC3)cnc21. The summed E-state index contributed by atoms with van der Waals surface area (Å²) in [7, 11) is 0. The van der Waals surface area contributed by atoms with E-state index in [4.69, 9.17) is 9.97 Å². The molecule has 33 heavy (non-hydrogen) atoms. The zero-order valence-electron chi connectivity index (χ0n) is 19.1. The van der Waals surface area contributed by atoms with E-state index in [0.29, 0.717) is 11.5 Å². The van der Waals surface area contributed by atoms with Crippen LogP contribution < -0.4 is 0 Å². The number of benzene rings is 2. The number of hydrogen-bond acceptors (Lipinski definition) is 3. The van der Waals surface area contributed by atoms with Gasteiger partial charge in [0.15, 0.2) is 0 Å². The van der Waals surface area contributed by atoms with Gasteiger partial charge in [-0.05, 0) is 68.9 Å². The van der Waals surface area contributed by atoms with Crippen molar-refractivity contribution < 1.29 is 9.90 Å². The summed E-state index contributed by atoms with van der Waals surface area (Å²) in [6.45, 7) is 7.63. The average molecular weight is 439 g/mol. The molecule has 0 bridgehead atoms. The van der Waals surface area contributed by atoms with E-state index in [0.717, 1.165) is 57.7 Å². The molecule has 1 aliphatic rings. The number of carboxylic acids is 1. The molecule has 0 amide bonds. The van der Waals surface area contributed by atoms with Crippen molar-refractivity contribution in [2.24, 2.45) is 5.92 Å². The molecule has 2 aromatic carbocycles. The van der Waals surface area contributed by atoms with Gasteiger partial charge in [-0.25, -0.2) is 14.8 Å². The summed E-state index contributed by atoms with van der Waals surface area (Å²) in [4.78, 5) is 21.8. The highest BCUT2D eigenvalue weighted by molar-refractivity contribution is 6.08. The van der Waals surface area contributed by atoms with E-state index in [1.54, 1.807) is 0 Å². The van der Waals surface area contributed by atoms with Crippen LogP contribution >= 0.6 is 0 Å². The molecule has 0 radical (unpaired) electrons. The Morgan fingerprint density at radius 1 is 1.09 bits per heavy atom. The van der Waals surface area contributed by atoms with Crippen LogP contribution in [-0.2, 0) is 13.1 Å². The van der Waals surface area contributed by atoms with Gasteiger partial charge < -0.3 is 14.2 Å². The number of carbonyl (C=O) groups is 1. The first-order valence-corrected chi connectivity index (χ1v) is 11.6. The van der Waals surface area contributed by atoms with E-state index in [-0.39, 0.29) is 0 Å². The zero-order chi connectivity index (χ0) is 22.9. The maximum atomic E-state index is 11.9. The second-order valence-electron chi connectivity index (χ2n) is 9.21. The van der Waals surface area contributed by atoms with Gasteiger partial charge in [0.25, 0.3) is 0 Å². The first-order valence-electron chi connectivity index (χ1n) is 11.6. The van der Waals surface area contributed by atoms with Crippen LogP contribution in [0.1, 0.15) is 41.3 Å². The quantitative estimate of drug-likeness (QED) is 0.368. The van der Waals surface area contributed by atoms with Gasteiger partial charge in [0.05, 0.1) is 22.1 Å². The van der Waals surface area contributed by atoms with Crippen molar-refractivity contribution in [1.29, 1.82) is 0 Å². The van der Waals surface area contributed by atoms with Crippen molar-refractivity contribution in [3.8, 4) is 11.4 Å². The topological polar surface area (TPSA) is 72.9 Å². The number of imidazole rings is 1.